The molecule has 18 rings (SSSR count). The number of rotatable bonds is 27. The highest BCUT2D eigenvalue weighted by Gasteiger charge is 2.58. The van der Waals surface area contributed by atoms with Gasteiger partial charge in [-0.3, -0.25) is 27.4 Å². The van der Waals surface area contributed by atoms with Gasteiger partial charge in [0, 0.05) is 14.7 Å². The van der Waals surface area contributed by atoms with Crippen molar-refractivity contribution in [2.24, 2.45) is 32.4 Å². The summed E-state index contributed by atoms with van der Waals surface area (Å²) >= 11 is 0. The standard InChI is InChI=1S/C14H18N6O4.2C13H18N8O4.C13H16N6O4.C12H16N8O4.C12H18N6O4.CH4/c1-3-23-11-8-10(18-13(16)19-11)20(6-17-8)12-14(2,5-15)9(22)7(4-21)24-12;2*1-3-24-10-7-9(17-12(14)18-10)21(5-16-7)11-13(2,19-20-15)8(23)6(4-22)25-11;1-2-22-11-8-10(17-13(15)18-11)19(5-16-8)12-6(3-14)9(21)7(4-20)23-12;1-2-23-10-7-9(16-12(13)17-10)20(4-15-7)11-6(18-19-14)8(22)5(3-21)24-11;1-2-21-10-7-9(16-12(14)17-10)18(4-15-7)11-6(13)8(20)5(3-19)22-11;/h6-7,9,12,21-22H,3-4H2,1-2H3,(H2,16,18,19);2*5-6,8,11,22-23H,3-4H2,1-2H3,(H2,14,17,18);5-7,9,12,20-21H,2,4H2,1H3,(H2,15,17,18);4-6,8,11,21-22H,2-3H2,1H3,(H2,13,16,17);4-6,8,11,19-20H,2-3,13H2,1H3,(H2,14,16,17);1H4/t7-,9-,12-,14-;2*6-,8-,11-,13-;6-,7-,9+,12-;2*5-,6-,8-,11-;/m111111./s1. The maximum absolute atomic E-state index is 10.4. The lowest BCUT2D eigenvalue weighted by molar-refractivity contribution is -0.0469. The van der Waals surface area contributed by atoms with E-state index in [2.05, 4.69) is 126 Å². The zero-order valence-electron chi connectivity index (χ0n) is 77.5. The maximum Gasteiger partial charge on any atom is 0.247 e. The molecular formula is C78H108N42O24. The van der Waals surface area contributed by atoms with Gasteiger partial charge in [-0.05, 0) is 78.9 Å². The van der Waals surface area contributed by atoms with Gasteiger partial charge in [0.05, 0.1) is 154 Å². The van der Waals surface area contributed by atoms with Gasteiger partial charge in [-0.15, -0.1) is 0 Å². The fourth-order valence-electron chi connectivity index (χ4n) is 16.4. The van der Waals surface area contributed by atoms with Crippen LogP contribution in [0.5, 0.6) is 35.3 Å². The molecule has 0 radical (unpaired) electrons. The van der Waals surface area contributed by atoms with Crippen molar-refractivity contribution in [3.05, 3.63) is 69.3 Å². The second-order valence-electron chi connectivity index (χ2n) is 32.2. The number of anilines is 6. The van der Waals surface area contributed by atoms with Crippen molar-refractivity contribution in [2.75, 3.05) is 114 Å². The average Bonchev–Trinajstić information content (AvgIpc) is 1.60. The summed E-state index contributed by atoms with van der Waals surface area (Å²) in [5.41, 5.74) is 66.9. The molecule has 12 aromatic heterocycles. The Labute approximate surface area is 811 Å². The highest BCUT2D eigenvalue weighted by molar-refractivity contribution is 5.82. The quantitative estimate of drug-likeness (QED) is 0.0148. The topological polar surface area (TPSA) is 991 Å². The molecule has 0 amide bonds. The normalized spacial score (nSPS) is 28.1. The predicted octanol–water partition coefficient (Wildman–Crippen LogP) is -2.20. The molecule has 774 valence electrons. The SMILES string of the molecule is C.CCOc1nc(N)nc2c1ncn2[C@@H]1O[C@H](CO)[C@@H](O)[C@@]1(C)C#N.CCOc1nc(N)nc2c1ncn2[C@@H]1O[C@H](CO)[C@@H](O)[C@@]1(C)N=[N+]=[N-].CCOc1nc(N)nc2c1ncn2[C@@H]1O[C@H](CO)[C@@H](O)[C@@]1(C)N=[N+]=[N-].CCOc1nc(N)nc2c1ncn2[C@@H]1O[C@H](CO)[C@@H](O)[C@H]1C#N.CCOc1nc(N)nc2c1ncn2[C@@H]1O[C@H](CO)[C@@H](O)[C@H]1N.CCOc1nc(N)nc2c1ncn2[C@@H]1O[C@H](CO)[C@@H](O)[C@H]1N=[N+]=[N-]. The number of nitrogens with two attached hydrogens (primary N) is 7. The Kier molecular flexibility index (Phi) is 34.4. The molecule has 0 aromatic carbocycles. The molecule has 66 nitrogen and oxygen atoms in total. The third-order valence-corrected chi connectivity index (χ3v) is 23.3. The smallest absolute Gasteiger partial charge is 0.247 e. The van der Waals surface area contributed by atoms with Gasteiger partial charge in [-0.2, -0.15) is 70.3 Å². The van der Waals surface area contributed by atoms with Gasteiger partial charge in [0.25, 0.3) is 0 Å². The highest BCUT2D eigenvalue weighted by atomic mass is 16.6. The molecule has 26 N–H and O–H groups in total. The van der Waals surface area contributed by atoms with Crippen LogP contribution < -0.4 is 68.6 Å². The Bertz CT molecular complexity index is 6590. The van der Waals surface area contributed by atoms with Crippen LogP contribution in [0.15, 0.2) is 53.3 Å². The van der Waals surface area contributed by atoms with E-state index >= 15 is 0 Å². The van der Waals surface area contributed by atoms with Crippen LogP contribution in [0.25, 0.3) is 98.3 Å². The molecule has 0 saturated carbocycles. The molecule has 6 fully saturated rings. The number of nitrogens with zero attached hydrogens (tertiary/aromatic N) is 35. The molecule has 66 heteroatoms. The molecule has 6 aliphatic rings. The first-order chi connectivity index (χ1) is 68.6. The van der Waals surface area contributed by atoms with Crippen molar-refractivity contribution in [3.8, 4) is 47.4 Å². The van der Waals surface area contributed by atoms with Crippen molar-refractivity contribution in [3.63, 3.8) is 0 Å². The van der Waals surface area contributed by atoms with Gasteiger partial charge in [0.15, 0.2) is 98.1 Å². The summed E-state index contributed by atoms with van der Waals surface area (Å²) in [5.74, 6) is 0.445. The molecule has 0 unspecified atom stereocenters. The monoisotopic (exact) mass is 2020 g/mol. The van der Waals surface area contributed by atoms with Crippen LogP contribution in [-0.2, 0) is 28.4 Å². The molecule has 0 bridgehead atoms. The number of nitriles is 2. The lowest BCUT2D eigenvalue weighted by Crippen LogP contribution is -2.42. The van der Waals surface area contributed by atoms with Crippen LogP contribution in [0.4, 0.5) is 35.7 Å². The van der Waals surface area contributed by atoms with Gasteiger partial charge >= 0.3 is 0 Å². The van der Waals surface area contributed by atoms with E-state index in [1.54, 1.807) is 46.1 Å². The number of aliphatic hydroxyl groups is 12. The average molecular weight is 2020 g/mol. The van der Waals surface area contributed by atoms with E-state index in [4.69, 9.17) is 114 Å². The molecule has 0 spiro atoms. The Morgan fingerprint density at radius 3 is 0.924 bits per heavy atom. The van der Waals surface area contributed by atoms with E-state index in [-0.39, 0.29) is 85.0 Å². The Hall–Kier alpha value is -14.9. The number of azide groups is 3. The third kappa shape index (κ3) is 20.6. The number of hydrogen-bond acceptors (Lipinski definition) is 54. The van der Waals surface area contributed by atoms with E-state index < -0.39 is 178 Å². The van der Waals surface area contributed by atoms with E-state index in [0.717, 1.165) is 0 Å². The van der Waals surface area contributed by atoms with E-state index in [1.165, 1.54) is 74.6 Å². The number of fused-ring (bicyclic) bond motifs is 6. The summed E-state index contributed by atoms with van der Waals surface area (Å²) < 4.78 is 75.2. The van der Waals surface area contributed by atoms with Crippen LogP contribution >= 0.6 is 0 Å². The third-order valence-electron chi connectivity index (χ3n) is 23.3. The van der Waals surface area contributed by atoms with Crippen molar-refractivity contribution in [2.45, 2.75) is 204 Å². The Morgan fingerprint density at radius 2 is 0.632 bits per heavy atom. The van der Waals surface area contributed by atoms with Crippen LogP contribution in [0, 0.1) is 34.0 Å². The van der Waals surface area contributed by atoms with Crippen LogP contribution in [-0.4, -0.2) is 354 Å². The molecule has 24 atom stereocenters. The maximum atomic E-state index is 10.4. The van der Waals surface area contributed by atoms with Crippen molar-refractivity contribution >= 4 is 103 Å². The molecule has 6 saturated heterocycles. The molecule has 0 aliphatic carbocycles. The van der Waals surface area contributed by atoms with Gasteiger partial charge in [0.1, 0.15) is 89.6 Å². The summed E-state index contributed by atoms with van der Waals surface area (Å²) in [7, 11) is 0. The number of ether oxygens (including phenoxy) is 12. The molecule has 144 heavy (non-hydrogen) atoms. The minimum atomic E-state index is -1.39. The van der Waals surface area contributed by atoms with Gasteiger partial charge in [0.2, 0.25) is 71.0 Å². The number of aliphatic hydroxyl groups excluding tert-OH is 12. The Morgan fingerprint density at radius 1 is 0.368 bits per heavy atom. The van der Waals surface area contributed by atoms with Crippen molar-refractivity contribution in [1.82, 2.24) is 117 Å². The zero-order valence-corrected chi connectivity index (χ0v) is 77.5. The zero-order chi connectivity index (χ0) is 104. The number of nitrogen functional groups attached to an aromatic ring is 6. The molecule has 12 aromatic rings. The number of imidazole rings is 6. The molecule has 18 heterocycles. The van der Waals surface area contributed by atoms with Gasteiger partial charge in [-0.25, -0.2) is 29.9 Å². The minimum Gasteiger partial charge on any atom is -0.476 e. The summed E-state index contributed by atoms with van der Waals surface area (Å²) in [5, 5.41) is 147. The number of hydrogen-bond donors (Lipinski definition) is 19. The van der Waals surface area contributed by atoms with Gasteiger partial charge < -0.3 is 158 Å². The summed E-state index contributed by atoms with van der Waals surface area (Å²) in [6.07, 6.45) is -8.88. The molecule has 6 aliphatic heterocycles. The second kappa shape index (κ2) is 46.0. The molecular weight excluding hydrogens is 1910 g/mol. The minimum absolute atomic E-state index is 0. The van der Waals surface area contributed by atoms with E-state index in [1.807, 2.05) is 13.0 Å². The van der Waals surface area contributed by atoms with Crippen LogP contribution in [0.3, 0.4) is 0 Å². The first kappa shape index (κ1) is 108. The van der Waals surface area contributed by atoms with Crippen molar-refractivity contribution < 1.29 is 118 Å². The first-order valence-electron chi connectivity index (χ1n) is 43.8. The van der Waals surface area contributed by atoms with Crippen molar-refractivity contribution in [1.29, 1.82) is 10.5 Å². The van der Waals surface area contributed by atoms with E-state index in [9.17, 15) is 71.8 Å². The predicted molar refractivity (Wildman–Crippen MR) is 493 cm³/mol. The summed E-state index contributed by atoms with van der Waals surface area (Å²) in [6.45, 7) is 15.2. The highest BCUT2D eigenvalue weighted by Crippen LogP contribution is 2.49. The number of aromatic nitrogens is 24. The largest absolute Gasteiger partial charge is 0.476 e. The van der Waals surface area contributed by atoms with E-state index in [0.29, 0.717) is 107 Å². The summed E-state index contributed by atoms with van der Waals surface area (Å²) in [4.78, 5) is 82.4. The Balaban J connectivity index is 0.000000154. The summed E-state index contributed by atoms with van der Waals surface area (Å²) in [6, 6.07) is 2.37. The fourth-order valence-corrected chi connectivity index (χ4v) is 16.4. The fraction of sp³-hybridized carbons (Fsp3) is 0.590. The lowest BCUT2D eigenvalue weighted by Gasteiger charge is -2.27. The lowest BCUT2D eigenvalue weighted by atomic mass is 9.84. The van der Waals surface area contributed by atoms with Crippen LogP contribution in [0.2, 0.25) is 0 Å². The second-order valence-corrected chi connectivity index (χ2v) is 32.2. The first-order valence-corrected chi connectivity index (χ1v) is 43.8. The van der Waals surface area contributed by atoms with Crippen LogP contribution in [0.1, 0.15) is 107 Å². The van der Waals surface area contributed by atoms with Gasteiger partial charge in [-0.1, -0.05) is 22.8 Å².